The molecule has 1 atom stereocenters. The van der Waals surface area contributed by atoms with Gasteiger partial charge in [0, 0.05) is 30.7 Å². The number of rotatable bonds is 4. The highest BCUT2D eigenvalue weighted by Gasteiger charge is 2.43. The number of anilines is 1. The molecule has 2 aliphatic rings. The van der Waals surface area contributed by atoms with Crippen molar-refractivity contribution in [1.82, 2.24) is 14.5 Å². The van der Waals surface area contributed by atoms with Gasteiger partial charge in [0.15, 0.2) is 5.69 Å². The Balaban J connectivity index is 1.63. The largest absolute Gasteiger partial charge is 0.476 e. The first-order chi connectivity index (χ1) is 15.8. The number of benzene rings is 1. The van der Waals surface area contributed by atoms with Gasteiger partial charge in [-0.2, -0.15) is 0 Å². The van der Waals surface area contributed by atoms with Crippen LogP contribution >= 0.6 is 11.6 Å². The van der Waals surface area contributed by atoms with Crippen LogP contribution in [0.5, 0.6) is 0 Å². The lowest BCUT2D eigenvalue weighted by Crippen LogP contribution is -2.34. The van der Waals surface area contributed by atoms with Gasteiger partial charge in [0.2, 0.25) is 0 Å². The lowest BCUT2D eigenvalue weighted by molar-refractivity contribution is 0.0492. The maximum atomic E-state index is 14.6. The monoisotopic (exact) mass is 472 g/mol. The minimum absolute atomic E-state index is 0.0498. The minimum Gasteiger partial charge on any atom is -0.476 e. The van der Waals surface area contributed by atoms with Gasteiger partial charge < -0.3 is 15.2 Å². The molecule has 2 aliphatic heterocycles. The van der Waals surface area contributed by atoms with Gasteiger partial charge >= 0.3 is 5.97 Å². The van der Waals surface area contributed by atoms with Crippen LogP contribution in [0, 0.1) is 5.82 Å². The molecule has 5 rings (SSSR count). The second kappa shape index (κ2) is 8.07. The standard InChI is InChI=1S/C23H22ClFN4O4/c1-12(26-16-2-3-17(24)27-19(16)21(31)32)14-10-13(25)11-15-18(14)28-22-23(5-8-33-9-6-23)4-7-29(22)20(15)30/h2-3,10-12,26H,4-9H2,1H3,(H,31,32)/t12-/m1/s1. The maximum Gasteiger partial charge on any atom is 0.356 e. The number of carboxylic acid groups (broad SMARTS) is 1. The van der Waals surface area contributed by atoms with Crippen molar-refractivity contribution in [2.24, 2.45) is 0 Å². The van der Waals surface area contributed by atoms with Crippen molar-refractivity contribution >= 4 is 34.2 Å². The molecule has 10 heteroatoms. The van der Waals surface area contributed by atoms with Gasteiger partial charge in [-0.25, -0.2) is 19.2 Å². The van der Waals surface area contributed by atoms with Crippen LogP contribution in [0.3, 0.4) is 0 Å². The van der Waals surface area contributed by atoms with E-state index in [0.717, 1.165) is 25.1 Å². The quantitative estimate of drug-likeness (QED) is 0.554. The van der Waals surface area contributed by atoms with Crippen LogP contribution in [0.2, 0.25) is 5.15 Å². The lowest BCUT2D eigenvalue weighted by Gasteiger charge is -2.32. The van der Waals surface area contributed by atoms with E-state index in [0.29, 0.717) is 30.8 Å². The molecule has 1 spiro atoms. The Morgan fingerprint density at radius 3 is 2.76 bits per heavy atom. The summed E-state index contributed by atoms with van der Waals surface area (Å²) < 4.78 is 21.8. The van der Waals surface area contributed by atoms with E-state index in [1.807, 2.05) is 0 Å². The Labute approximate surface area is 193 Å². The molecule has 172 valence electrons. The van der Waals surface area contributed by atoms with E-state index in [1.54, 1.807) is 11.5 Å². The molecule has 8 nitrogen and oxygen atoms in total. The third-order valence-electron chi connectivity index (χ3n) is 6.69. The van der Waals surface area contributed by atoms with Crippen molar-refractivity contribution in [1.29, 1.82) is 0 Å². The predicted molar refractivity (Wildman–Crippen MR) is 121 cm³/mol. The normalized spacial score (nSPS) is 17.8. The van der Waals surface area contributed by atoms with Crippen LogP contribution < -0.4 is 10.9 Å². The van der Waals surface area contributed by atoms with Crippen LogP contribution in [0.1, 0.15) is 54.1 Å². The van der Waals surface area contributed by atoms with Crippen molar-refractivity contribution in [3.8, 4) is 0 Å². The van der Waals surface area contributed by atoms with E-state index < -0.39 is 17.8 Å². The van der Waals surface area contributed by atoms with E-state index >= 15 is 0 Å². The smallest absolute Gasteiger partial charge is 0.356 e. The molecule has 0 unspecified atom stereocenters. The SMILES string of the molecule is C[C@@H](Nc1ccc(Cl)nc1C(=O)O)c1cc(F)cc2c(=O)n3c(nc12)C1(CCOCC1)CC3. The summed E-state index contributed by atoms with van der Waals surface area (Å²) in [5.41, 5.74) is 0.390. The van der Waals surface area contributed by atoms with Crippen molar-refractivity contribution < 1.29 is 19.0 Å². The molecule has 0 amide bonds. The molecule has 1 saturated heterocycles. The average Bonchev–Trinajstić information content (AvgIpc) is 3.13. The van der Waals surface area contributed by atoms with E-state index in [4.69, 9.17) is 21.3 Å². The zero-order valence-electron chi connectivity index (χ0n) is 17.9. The number of nitrogens with zero attached hydrogens (tertiary/aromatic N) is 3. The highest BCUT2D eigenvalue weighted by Crippen LogP contribution is 2.42. The summed E-state index contributed by atoms with van der Waals surface area (Å²) >= 11 is 5.85. The van der Waals surface area contributed by atoms with Gasteiger partial charge in [0.05, 0.1) is 22.6 Å². The average molecular weight is 473 g/mol. The Bertz CT molecular complexity index is 1340. The fourth-order valence-electron chi connectivity index (χ4n) is 4.96. The van der Waals surface area contributed by atoms with Gasteiger partial charge in [-0.15, -0.1) is 0 Å². The van der Waals surface area contributed by atoms with Crippen molar-refractivity contribution in [3.63, 3.8) is 0 Å². The Morgan fingerprint density at radius 2 is 2.03 bits per heavy atom. The Kier molecular flexibility index (Phi) is 5.33. The van der Waals surface area contributed by atoms with E-state index in [2.05, 4.69) is 10.3 Å². The van der Waals surface area contributed by atoms with Gasteiger partial charge in [-0.1, -0.05) is 11.6 Å². The van der Waals surface area contributed by atoms with Crippen molar-refractivity contribution in [2.45, 2.75) is 44.2 Å². The third-order valence-corrected chi connectivity index (χ3v) is 6.90. The van der Waals surface area contributed by atoms with Crippen LogP contribution in [0.25, 0.3) is 10.9 Å². The summed E-state index contributed by atoms with van der Waals surface area (Å²) in [5.74, 6) is -1.08. The second-order valence-electron chi connectivity index (χ2n) is 8.63. The van der Waals surface area contributed by atoms with E-state index in [9.17, 15) is 19.1 Å². The lowest BCUT2D eigenvalue weighted by atomic mass is 9.78. The predicted octanol–water partition coefficient (Wildman–Crippen LogP) is 3.91. The van der Waals surface area contributed by atoms with Gasteiger partial charge in [0.1, 0.15) is 16.8 Å². The van der Waals surface area contributed by atoms with Gasteiger partial charge in [0.25, 0.3) is 5.56 Å². The molecule has 0 radical (unpaired) electrons. The molecular weight excluding hydrogens is 451 g/mol. The van der Waals surface area contributed by atoms with Crippen LogP contribution in [-0.2, 0) is 16.7 Å². The molecule has 4 heterocycles. The van der Waals surface area contributed by atoms with Crippen LogP contribution in [0.15, 0.2) is 29.1 Å². The number of carbonyl (C=O) groups is 1. The molecule has 1 fully saturated rings. The highest BCUT2D eigenvalue weighted by molar-refractivity contribution is 6.29. The summed E-state index contributed by atoms with van der Waals surface area (Å²) in [6, 6.07) is 4.97. The zero-order chi connectivity index (χ0) is 23.3. The summed E-state index contributed by atoms with van der Waals surface area (Å²) in [5, 5.41) is 12.8. The molecule has 0 saturated carbocycles. The number of hydrogen-bond donors (Lipinski definition) is 2. The number of aromatic carboxylic acids is 1. The van der Waals surface area contributed by atoms with E-state index in [-0.39, 0.29) is 32.9 Å². The van der Waals surface area contributed by atoms with Crippen molar-refractivity contribution in [2.75, 3.05) is 18.5 Å². The van der Waals surface area contributed by atoms with Crippen LogP contribution in [-0.4, -0.2) is 38.8 Å². The van der Waals surface area contributed by atoms with Gasteiger partial charge in [-0.3, -0.25) is 9.36 Å². The number of pyridine rings is 1. The first kappa shape index (κ1) is 21.8. The topological polar surface area (TPSA) is 106 Å². The number of aromatic nitrogens is 3. The third kappa shape index (κ3) is 3.65. The first-order valence-corrected chi connectivity index (χ1v) is 11.2. The molecule has 0 bridgehead atoms. The summed E-state index contributed by atoms with van der Waals surface area (Å²) in [7, 11) is 0. The van der Waals surface area contributed by atoms with E-state index in [1.165, 1.54) is 24.3 Å². The molecule has 2 N–H and O–H groups in total. The van der Waals surface area contributed by atoms with Gasteiger partial charge in [-0.05, 0) is 50.5 Å². The second-order valence-corrected chi connectivity index (χ2v) is 9.01. The molecular formula is C23H22ClFN4O4. The number of fused-ring (bicyclic) bond motifs is 3. The molecule has 3 aromatic rings. The van der Waals surface area contributed by atoms with Crippen molar-refractivity contribution in [3.05, 3.63) is 62.7 Å². The highest BCUT2D eigenvalue weighted by atomic mass is 35.5. The molecule has 33 heavy (non-hydrogen) atoms. The number of carboxylic acids is 1. The number of hydrogen-bond acceptors (Lipinski definition) is 6. The first-order valence-electron chi connectivity index (χ1n) is 10.8. The number of nitrogens with one attached hydrogen (secondary N) is 1. The Hall–Kier alpha value is -3.04. The minimum atomic E-state index is -1.24. The Morgan fingerprint density at radius 1 is 1.27 bits per heavy atom. The molecule has 2 aromatic heterocycles. The van der Waals surface area contributed by atoms with Crippen LogP contribution in [0.4, 0.5) is 10.1 Å². The number of halogens is 2. The summed E-state index contributed by atoms with van der Waals surface area (Å²) in [6.07, 6.45) is 2.38. The fraction of sp³-hybridized carbons (Fsp3) is 0.391. The zero-order valence-corrected chi connectivity index (χ0v) is 18.7. The maximum absolute atomic E-state index is 14.6. The summed E-state index contributed by atoms with van der Waals surface area (Å²) in [4.78, 5) is 33.7. The number of ether oxygens (including phenoxy) is 1. The fourth-order valence-corrected chi connectivity index (χ4v) is 5.11. The molecule has 0 aliphatic carbocycles. The summed E-state index contributed by atoms with van der Waals surface area (Å²) in [6.45, 7) is 3.54. The molecule has 1 aromatic carbocycles.